The Morgan fingerprint density at radius 2 is 2.18 bits per heavy atom. The van der Waals surface area contributed by atoms with Gasteiger partial charge in [0.2, 0.25) is 5.91 Å². The van der Waals surface area contributed by atoms with Crippen LogP contribution in [0.1, 0.15) is 6.92 Å². The van der Waals surface area contributed by atoms with Crippen molar-refractivity contribution in [3.05, 3.63) is 0 Å². The normalized spacial score (nSPS) is 10.5. The molecular formula is C11H20N4O2. The number of hydrogen-bond acceptors (Lipinski definition) is 3. The molecule has 0 aromatic heterocycles. The molecule has 0 saturated carbocycles. The Kier molecular flexibility index (Phi) is 9.67. The molecule has 0 radical (unpaired) electrons. The number of amides is 1. The van der Waals surface area contributed by atoms with Gasteiger partial charge in [0.25, 0.3) is 0 Å². The van der Waals surface area contributed by atoms with E-state index in [9.17, 15) is 4.79 Å². The Hall–Kier alpha value is -1.74. The third-order valence-electron chi connectivity index (χ3n) is 1.71. The summed E-state index contributed by atoms with van der Waals surface area (Å²) in [5, 5.41) is 8.54. The molecule has 0 spiro atoms. The fourth-order valence-electron chi connectivity index (χ4n) is 0.976. The summed E-state index contributed by atoms with van der Waals surface area (Å²) in [7, 11) is 1.58. The molecule has 0 aromatic carbocycles. The van der Waals surface area contributed by atoms with E-state index >= 15 is 0 Å². The van der Waals surface area contributed by atoms with Gasteiger partial charge in [0, 0.05) is 20.2 Å². The predicted octanol–water partition coefficient (Wildman–Crippen LogP) is -1.06. The van der Waals surface area contributed by atoms with Gasteiger partial charge in [-0.15, -0.1) is 6.42 Å². The van der Waals surface area contributed by atoms with Crippen molar-refractivity contribution in [3.63, 3.8) is 0 Å². The molecule has 6 heteroatoms. The fourth-order valence-corrected chi connectivity index (χ4v) is 0.976. The van der Waals surface area contributed by atoms with Gasteiger partial charge in [-0.2, -0.15) is 0 Å². The number of terminal acetylenes is 1. The lowest BCUT2D eigenvalue weighted by molar-refractivity contribution is -0.119. The van der Waals surface area contributed by atoms with Crippen LogP contribution in [0.15, 0.2) is 4.99 Å². The maximum atomic E-state index is 11.3. The molecule has 3 N–H and O–H groups in total. The van der Waals surface area contributed by atoms with Crippen LogP contribution in [0.5, 0.6) is 0 Å². The molecule has 0 rings (SSSR count). The van der Waals surface area contributed by atoms with Gasteiger partial charge in [0.1, 0.15) is 6.54 Å². The minimum absolute atomic E-state index is 0.0591. The summed E-state index contributed by atoms with van der Waals surface area (Å²) in [6, 6.07) is 0. The van der Waals surface area contributed by atoms with E-state index in [1.807, 2.05) is 6.92 Å². The van der Waals surface area contributed by atoms with Gasteiger partial charge >= 0.3 is 0 Å². The Morgan fingerprint density at radius 3 is 2.76 bits per heavy atom. The van der Waals surface area contributed by atoms with Crippen molar-refractivity contribution < 1.29 is 9.53 Å². The van der Waals surface area contributed by atoms with Crippen LogP contribution < -0.4 is 16.0 Å². The van der Waals surface area contributed by atoms with E-state index in [1.165, 1.54) is 0 Å². The summed E-state index contributed by atoms with van der Waals surface area (Å²) in [6.07, 6.45) is 5.12. The van der Waals surface area contributed by atoms with Gasteiger partial charge in [-0.05, 0) is 6.92 Å². The van der Waals surface area contributed by atoms with Gasteiger partial charge in [-0.1, -0.05) is 5.92 Å². The minimum Gasteiger partial charge on any atom is -0.383 e. The Labute approximate surface area is 102 Å². The van der Waals surface area contributed by atoms with Gasteiger partial charge in [-0.25, -0.2) is 4.99 Å². The molecule has 0 aliphatic carbocycles. The average Bonchev–Trinajstić information content (AvgIpc) is 2.33. The number of aliphatic imine (C=N–C) groups is 1. The molecule has 0 aliphatic rings. The minimum atomic E-state index is -0.153. The Bertz CT molecular complexity index is 284. The lowest BCUT2D eigenvalue weighted by atomic mass is 10.5. The number of rotatable bonds is 7. The highest BCUT2D eigenvalue weighted by molar-refractivity contribution is 5.84. The van der Waals surface area contributed by atoms with Gasteiger partial charge in [0.05, 0.1) is 13.2 Å². The predicted molar refractivity (Wildman–Crippen MR) is 67.7 cm³/mol. The fraction of sp³-hybridized carbons (Fsp3) is 0.636. The average molecular weight is 240 g/mol. The van der Waals surface area contributed by atoms with Crippen LogP contribution in [0.4, 0.5) is 0 Å². The van der Waals surface area contributed by atoms with Crippen molar-refractivity contribution >= 4 is 11.9 Å². The van der Waals surface area contributed by atoms with Crippen LogP contribution in [-0.2, 0) is 9.53 Å². The summed E-state index contributed by atoms with van der Waals surface area (Å²) in [6.45, 7) is 4.05. The SMILES string of the molecule is C#CCNC(=NCC(=O)NCCOC)NCC. The molecule has 0 heterocycles. The highest BCUT2D eigenvalue weighted by Gasteiger charge is 2.00. The van der Waals surface area contributed by atoms with Crippen LogP contribution in [0, 0.1) is 12.3 Å². The molecule has 0 fully saturated rings. The Balaban J connectivity index is 3.96. The van der Waals surface area contributed by atoms with Gasteiger partial charge in [0.15, 0.2) is 5.96 Å². The summed E-state index contributed by atoms with van der Waals surface area (Å²) in [5.41, 5.74) is 0. The maximum absolute atomic E-state index is 11.3. The van der Waals surface area contributed by atoms with Crippen molar-refractivity contribution in [1.82, 2.24) is 16.0 Å². The molecule has 0 atom stereocenters. The summed E-state index contributed by atoms with van der Waals surface area (Å²) in [5.74, 6) is 2.82. The highest BCUT2D eigenvalue weighted by atomic mass is 16.5. The van der Waals surface area contributed by atoms with Gasteiger partial charge in [-0.3, -0.25) is 4.79 Å². The molecule has 17 heavy (non-hydrogen) atoms. The molecule has 6 nitrogen and oxygen atoms in total. The van der Waals surface area contributed by atoms with E-state index in [0.717, 1.165) is 0 Å². The number of ether oxygens (including phenoxy) is 1. The molecule has 96 valence electrons. The molecule has 1 amide bonds. The zero-order chi connectivity index (χ0) is 12.9. The molecule has 0 unspecified atom stereocenters. The number of nitrogens with zero attached hydrogens (tertiary/aromatic N) is 1. The molecule has 0 bridgehead atoms. The standard InChI is InChI=1S/C11H20N4O2/c1-4-6-14-11(12-5-2)15-9-10(16)13-7-8-17-3/h1H,5-9H2,2-3H3,(H,13,16)(H2,12,14,15). The first kappa shape index (κ1) is 15.3. The number of carbonyl (C=O) groups is 1. The van der Waals surface area contributed by atoms with Crippen LogP contribution in [0.3, 0.4) is 0 Å². The third kappa shape index (κ3) is 9.20. The molecule has 0 aromatic rings. The number of guanidine groups is 1. The second-order valence-electron chi connectivity index (χ2n) is 3.10. The quantitative estimate of drug-likeness (QED) is 0.229. The van der Waals surface area contributed by atoms with Crippen molar-refractivity contribution in [2.45, 2.75) is 6.92 Å². The van der Waals surface area contributed by atoms with Crippen molar-refractivity contribution in [2.75, 3.05) is 39.9 Å². The van der Waals surface area contributed by atoms with E-state index in [2.05, 4.69) is 26.9 Å². The number of carbonyl (C=O) groups excluding carboxylic acids is 1. The first-order valence-electron chi connectivity index (χ1n) is 5.45. The molecule has 0 saturated heterocycles. The lowest BCUT2D eigenvalue weighted by Crippen LogP contribution is -2.38. The van der Waals surface area contributed by atoms with Crippen molar-refractivity contribution in [2.24, 2.45) is 4.99 Å². The van der Waals surface area contributed by atoms with E-state index in [4.69, 9.17) is 11.2 Å². The molecule has 0 aliphatic heterocycles. The van der Waals surface area contributed by atoms with E-state index in [1.54, 1.807) is 7.11 Å². The first-order valence-corrected chi connectivity index (χ1v) is 5.45. The van der Waals surface area contributed by atoms with Crippen LogP contribution in [0.25, 0.3) is 0 Å². The van der Waals surface area contributed by atoms with E-state index in [-0.39, 0.29) is 12.5 Å². The Morgan fingerprint density at radius 1 is 1.41 bits per heavy atom. The number of hydrogen-bond donors (Lipinski definition) is 3. The van der Waals surface area contributed by atoms with E-state index < -0.39 is 0 Å². The first-order chi connectivity index (χ1) is 8.24. The zero-order valence-electron chi connectivity index (χ0n) is 10.4. The van der Waals surface area contributed by atoms with Crippen molar-refractivity contribution in [1.29, 1.82) is 0 Å². The number of nitrogens with one attached hydrogen (secondary N) is 3. The second kappa shape index (κ2) is 10.8. The highest BCUT2D eigenvalue weighted by Crippen LogP contribution is 1.75. The summed E-state index contributed by atoms with van der Waals surface area (Å²) in [4.78, 5) is 15.4. The topological polar surface area (TPSA) is 74.8 Å². The van der Waals surface area contributed by atoms with Gasteiger partial charge < -0.3 is 20.7 Å². The molecular weight excluding hydrogens is 220 g/mol. The smallest absolute Gasteiger partial charge is 0.241 e. The summed E-state index contributed by atoms with van der Waals surface area (Å²) < 4.78 is 4.81. The van der Waals surface area contributed by atoms with E-state index in [0.29, 0.717) is 32.2 Å². The third-order valence-corrected chi connectivity index (χ3v) is 1.71. The summed E-state index contributed by atoms with van der Waals surface area (Å²) >= 11 is 0. The van der Waals surface area contributed by atoms with Crippen LogP contribution in [0.2, 0.25) is 0 Å². The van der Waals surface area contributed by atoms with Crippen LogP contribution in [-0.4, -0.2) is 51.8 Å². The monoisotopic (exact) mass is 240 g/mol. The maximum Gasteiger partial charge on any atom is 0.241 e. The zero-order valence-corrected chi connectivity index (χ0v) is 10.4. The van der Waals surface area contributed by atoms with Crippen LogP contribution >= 0.6 is 0 Å². The number of methoxy groups -OCH3 is 1. The van der Waals surface area contributed by atoms with Crippen molar-refractivity contribution in [3.8, 4) is 12.3 Å². The second-order valence-corrected chi connectivity index (χ2v) is 3.10. The lowest BCUT2D eigenvalue weighted by Gasteiger charge is -2.08. The largest absolute Gasteiger partial charge is 0.383 e.